The van der Waals surface area contributed by atoms with Crippen LogP contribution in [0.3, 0.4) is 0 Å². The van der Waals surface area contributed by atoms with Gasteiger partial charge in [-0.1, -0.05) is 55.1 Å². The summed E-state index contributed by atoms with van der Waals surface area (Å²) in [6.45, 7) is 0.884. The van der Waals surface area contributed by atoms with Gasteiger partial charge in [0.2, 0.25) is 5.91 Å². The number of carbonyl (C=O) groups is 2. The lowest BCUT2D eigenvalue weighted by molar-refractivity contribution is -0.133. The summed E-state index contributed by atoms with van der Waals surface area (Å²) in [5, 5.41) is 0.668. The largest absolute Gasteiger partial charge is 0.339 e. The van der Waals surface area contributed by atoms with Crippen LogP contribution in [0.4, 0.5) is 0 Å². The molecule has 4 heteroatoms. The van der Waals surface area contributed by atoms with Crippen LogP contribution in [0.2, 0.25) is 5.02 Å². The van der Waals surface area contributed by atoms with Crippen molar-refractivity contribution in [1.29, 1.82) is 0 Å². The molecular weight excluding hydrogens is 370 g/mol. The molecule has 2 fully saturated rings. The lowest BCUT2D eigenvalue weighted by atomic mass is 9.93. The first-order valence-corrected chi connectivity index (χ1v) is 10.5. The van der Waals surface area contributed by atoms with Gasteiger partial charge in [-0.3, -0.25) is 9.59 Å². The van der Waals surface area contributed by atoms with E-state index in [-0.39, 0.29) is 5.92 Å². The minimum absolute atomic E-state index is 0.0339. The normalized spacial score (nSPS) is 20.2. The van der Waals surface area contributed by atoms with Crippen molar-refractivity contribution in [1.82, 2.24) is 4.90 Å². The molecule has 0 N–H and O–H groups in total. The number of likely N-dealkylation sites (tertiary alicyclic amines) is 1. The van der Waals surface area contributed by atoms with Gasteiger partial charge >= 0.3 is 0 Å². The van der Waals surface area contributed by atoms with Crippen LogP contribution in [-0.4, -0.2) is 29.7 Å². The zero-order chi connectivity index (χ0) is 19.5. The summed E-state index contributed by atoms with van der Waals surface area (Å²) in [7, 11) is 0. The maximum atomic E-state index is 12.9. The number of aldehydes is 1. The Balaban J connectivity index is 1.46. The molecule has 1 saturated heterocycles. The summed E-state index contributed by atoms with van der Waals surface area (Å²) in [6, 6.07) is 15.6. The quantitative estimate of drug-likeness (QED) is 0.659. The van der Waals surface area contributed by atoms with E-state index in [2.05, 4.69) is 17.0 Å². The van der Waals surface area contributed by atoms with E-state index in [1.807, 2.05) is 18.2 Å². The van der Waals surface area contributed by atoms with Gasteiger partial charge in [0.15, 0.2) is 6.29 Å². The number of amides is 1. The minimum atomic E-state index is 0.0339. The molecule has 0 radical (unpaired) electrons. The number of hydrogen-bond acceptors (Lipinski definition) is 2. The molecule has 4 rings (SSSR count). The van der Waals surface area contributed by atoms with Crippen LogP contribution < -0.4 is 0 Å². The Morgan fingerprint density at radius 3 is 2.68 bits per heavy atom. The predicted octanol–water partition coefficient (Wildman–Crippen LogP) is 5.14. The highest BCUT2D eigenvalue weighted by atomic mass is 35.5. The molecule has 0 spiro atoms. The van der Waals surface area contributed by atoms with E-state index in [0.29, 0.717) is 29.0 Å². The topological polar surface area (TPSA) is 37.4 Å². The molecular formula is C24H24ClNO2. The maximum absolute atomic E-state index is 12.9. The number of benzene rings is 1. The van der Waals surface area contributed by atoms with Gasteiger partial charge in [-0.05, 0) is 60.6 Å². The van der Waals surface area contributed by atoms with Crippen LogP contribution in [0.15, 0.2) is 30.3 Å². The lowest BCUT2D eigenvalue weighted by Gasteiger charge is -2.31. The van der Waals surface area contributed by atoms with Crippen LogP contribution in [0.25, 0.3) is 11.1 Å². The van der Waals surface area contributed by atoms with Crippen LogP contribution in [0, 0.1) is 18.1 Å². The first-order valence-electron chi connectivity index (χ1n) is 10.1. The lowest BCUT2D eigenvalue weighted by Crippen LogP contribution is -2.39. The van der Waals surface area contributed by atoms with E-state index in [1.54, 1.807) is 12.1 Å². The zero-order valence-corrected chi connectivity index (χ0v) is 16.7. The summed E-state index contributed by atoms with van der Waals surface area (Å²) in [4.78, 5) is 26.0. The molecule has 1 atom stereocenters. The van der Waals surface area contributed by atoms with Gasteiger partial charge in [-0.2, -0.15) is 0 Å². The fourth-order valence-electron chi connectivity index (χ4n) is 4.54. The average Bonchev–Trinajstić information content (AvgIpc) is 3.10. The smallest absolute Gasteiger partial charge is 0.226 e. The van der Waals surface area contributed by atoms with E-state index >= 15 is 0 Å². The highest BCUT2D eigenvalue weighted by molar-refractivity contribution is 6.31. The van der Waals surface area contributed by atoms with E-state index < -0.39 is 0 Å². The second-order valence-electron chi connectivity index (χ2n) is 7.91. The standard InChI is InChI=1S/C24H24ClNO2/c25-23-15-19(18-6-4-5-17(13-18)16-27)9-10-20(23)14-21-11-12-26(24(21)28)22-7-2-1-3-8-22/h6,9-10,13,15-16,21-22H,1-3,7-8,11-12,14H2. The number of hydrogen-bond donors (Lipinski definition) is 0. The number of nitrogens with zero attached hydrogens (tertiary/aromatic N) is 1. The van der Waals surface area contributed by atoms with E-state index in [9.17, 15) is 9.59 Å². The predicted molar refractivity (Wildman–Crippen MR) is 110 cm³/mol. The van der Waals surface area contributed by atoms with Gasteiger partial charge < -0.3 is 4.90 Å². The van der Waals surface area contributed by atoms with Crippen LogP contribution in [-0.2, 0) is 11.2 Å². The Bertz CT molecular complexity index is 873. The molecule has 1 aliphatic carbocycles. The third-order valence-corrected chi connectivity index (χ3v) is 6.45. The number of carbonyl (C=O) groups excluding carboxylic acids is 2. The monoisotopic (exact) mass is 393 g/mol. The SMILES string of the molecule is O=Cc1c#ccc(-c2ccc(CC3CCN(C4CCCCC4)C3=O)c(Cl)c2)c1. The third kappa shape index (κ3) is 3.93. The summed E-state index contributed by atoms with van der Waals surface area (Å²) in [6.07, 6.45) is 8.47. The maximum Gasteiger partial charge on any atom is 0.226 e. The molecule has 1 saturated carbocycles. The highest BCUT2D eigenvalue weighted by Gasteiger charge is 2.36. The van der Waals surface area contributed by atoms with Crippen molar-refractivity contribution in [2.45, 2.75) is 51.0 Å². The molecule has 1 heterocycles. The summed E-state index contributed by atoms with van der Waals surface area (Å²) >= 11 is 6.55. The first kappa shape index (κ1) is 19.0. The second kappa shape index (κ2) is 8.37. The molecule has 1 amide bonds. The van der Waals surface area contributed by atoms with Crippen LogP contribution >= 0.6 is 11.6 Å². The molecule has 1 aliphatic heterocycles. The Hall–Kier alpha value is -2.31. The van der Waals surface area contributed by atoms with E-state index in [0.717, 1.165) is 48.8 Å². The van der Waals surface area contributed by atoms with Crippen molar-refractivity contribution >= 4 is 23.8 Å². The molecule has 28 heavy (non-hydrogen) atoms. The van der Waals surface area contributed by atoms with Gasteiger partial charge in [0, 0.05) is 23.5 Å². The van der Waals surface area contributed by atoms with Crippen molar-refractivity contribution in [2.75, 3.05) is 6.54 Å². The Kier molecular flexibility index (Phi) is 5.69. The van der Waals surface area contributed by atoms with Crippen molar-refractivity contribution in [3.05, 3.63) is 58.6 Å². The third-order valence-electron chi connectivity index (χ3n) is 6.10. The van der Waals surface area contributed by atoms with Gasteiger partial charge in [-0.25, -0.2) is 0 Å². The van der Waals surface area contributed by atoms with Crippen LogP contribution in [0.1, 0.15) is 54.4 Å². The zero-order valence-electron chi connectivity index (χ0n) is 15.9. The minimum Gasteiger partial charge on any atom is -0.339 e. The van der Waals surface area contributed by atoms with Gasteiger partial charge in [0.25, 0.3) is 0 Å². The Morgan fingerprint density at radius 1 is 1.11 bits per heavy atom. The summed E-state index contributed by atoms with van der Waals surface area (Å²) < 4.78 is 0. The molecule has 2 aromatic rings. The molecule has 3 nitrogen and oxygen atoms in total. The molecule has 0 bridgehead atoms. The molecule has 1 unspecified atom stereocenters. The fourth-order valence-corrected chi connectivity index (χ4v) is 4.80. The molecule has 2 aliphatic rings. The van der Waals surface area contributed by atoms with Crippen molar-refractivity contribution < 1.29 is 9.59 Å². The van der Waals surface area contributed by atoms with E-state index in [4.69, 9.17) is 11.6 Å². The van der Waals surface area contributed by atoms with Gasteiger partial charge in [0.05, 0.1) is 5.56 Å². The highest BCUT2D eigenvalue weighted by Crippen LogP contribution is 2.33. The van der Waals surface area contributed by atoms with E-state index in [1.165, 1.54) is 19.3 Å². The molecule has 144 valence electrons. The summed E-state index contributed by atoms with van der Waals surface area (Å²) in [5.74, 6) is 0.336. The van der Waals surface area contributed by atoms with Crippen molar-refractivity contribution in [3.63, 3.8) is 0 Å². The van der Waals surface area contributed by atoms with Crippen molar-refractivity contribution in [3.8, 4) is 11.1 Å². The first-order chi connectivity index (χ1) is 13.7. The van der Waals surface area contributed by atoms with Gasteiger partial charge in [-0.15, -0.1) is 0 Å². The molecule has 2 aromatic carbocycles. The molecule has 0 aromatic heterocycles. The Morgan fingerprint density at radius 2 is 1.93 bits per heavy atom. The van der Waals surface area contributed by atoms with Crippen molar-refractivity contribution in [2.24, 2.45) is 5.92 Å². The Labute approximate surface area is 171 Å². The second-order valence-corrected chi connectivity index (χ2v) is 8.31. The van der Waals surface area contributed by atoms with Gasteiger partial charge in [0.1, 0.15) is 0 Å². The number of rotatable bonds is 5. The van der Waals surface area contributed by atoms with Crippen LogP contribution in [0.5, 0.6) is 0 Å². The average molecular weight is 394 g/mol. The fraction of sp³-hybridized carbons (Fsp3) is 0.417. The number of halogens is 1. The summed E-state index contributed by atoms with van der Waals surface area (Å²) in [5.41, 5.74) is 3.30.